The van der Waals surface area contributed by atoms with Crippen molar-refractivity contribution in [3.05, 3.63) is 123 Å². The van der Waals surface area contributed by atoms with Crippen LogP contribution in [0.15, 0.2) is 107 Å². The molecule has 0 spiro atoms. The number of rotatable bonds is 15. The molecule has 0 saturated heterocycles. The van der Waals surface area contributed by atoms with Crippen molar-refractivity contribution in [2.45, 2.75) is 48.5 Å². The van der Waals surface area contributed by atoms with E-state index in [4.69, 9.17) is 14.2 Å². The molecule has 314 valence electrons. The highest BCUT2D eigenvalue weighted by molar-refractivity contribution is 6.61. The number of hydrogen-bond acceptors (Lipinski definition) is 15. The van der Waals surface area contributed by atoms with Gasteiger partial charge in [0.15, 0.2) is 0 Å². The average molecular weight is 865 g/mol. The number of carbonyl (C=O) groups excluding carboxylic acids is 6. The lowest BCUT2D eigenvalue weighted by Gasteiger charge is -2.26. The normalized spacial score (nSPS) is 13.2. The summed E-state index contributed by atoms with van der Waals surface area (Å²) >= 11 is 0. The van der Waals surface area contributed by atoms with Crippen LogP contribution in [0.4, 0.5) is 14.4 Å². The molecule has 18 heteroatoms. The Labute approximate surface area is 348 Å². The quantitative estimate of drug-likeness (QED) is 0.0704. The fourth-order valence-corrected chi connectivity index (χ4v) is 8.76. The molecule has 3 aromatic rings. The number of ether oxygens (including phenoxy) is 3. The van der Waals surface area contributed by atoms with Crippen LogP contribution in [-0.4, -0.2) is 84.8 Å². The van der Waals surface area contributed by atoms with Crippen LogP contribution in [-0.2, 0) is 43.5 Å². The average Bonchev–Trinajstić information content (AvgIpc) is 3.25. The molecule has 0 bridgehead atoms. The van der Waals surface area contributed by atoms with Crippen LogP contribution in [0.2, 0.25) is 0 Å². The van der Waals surface area contributed by atoms with Crippen molar-refractivity contribution in [3.8, 4) is 0 Å². The summed E-state index contributed by atoms with van der Waals surface area (Å²) in [7, 11) is -1.97. The zero-order valence-electron chi connectivity index (χ0n) is 34.0. The third-order valence-electron chi connectivity index (χ3n) is 8.67. The Kier molecular flexibility index (Phi) is 19.1. The SMILES string of the molecule is C/C=C(\C)[SiH2]c1ccc(C(=O)OOC(=O)OCC(C)(COC(=O)OOC(=O)c2ccc([SiH2]/C(C)=C/C)cc2)COC(=O)OOC(=O)c2ccc([SiH2]/C(C)=C/C)cc2)cc1. The Balaban J connectivity index is 1.57. The van der Waals surface area contributed by atoms with Crippen molar-refractivity contribution >= 4 is 80.5 Å². The van der Waals surface area contributed by atoms with E-state index in [2.05, 4.69) is 29.3 Å². The van der Waals surface area contributed by atoms with Gasteiger partial charge in [0.1, 0.15) is 19.8 Å². The molecular weight excluding hydrogens is 817 g/mol. The van der Waals surface area contributed by atoms with Crippen molar-refractivity contribution in [2.75, 3.05) is 19.8 Å². The van der Waals surface area contributed by atoms with E-state index >= 15 is 0 Å². The summed E-state index contributed by atoms with van der Waals surface area (Å²) in [5.41, 5.74) is -1.20. The topological polar surface area (TPSA) is 185 Å². The first-order chi connectivity index (χ1) is 28.1. The molecule has 0 radical (unpaired) electrons. The second-order valence-corrected chi connectivity index (χ2v) is 20.7. The summed E-state index contributed by atoms with van der Waals surface area (Å²) in [5, 5.41) is 7.10. The summed E-state index contributed by atoms with van der Waals surface area (Å²) in [4.78, 5) is 102. The molecule has 0 unspecified atom stereocenters. The van der Waals surface area contributed by atoms with E-state index in [-0.39, 0.29) is 16.7 Å². The van der Waals surface area contributed by atoms with E-state index in [1.54, 1.807) is 36.4 Å². The largest absolute Gasteiger partial charge is 0.549 e. The monoisotopic (exact) mass is 864 g/mol. The van der Waals surface area contributed by atoms with Gasteiger partial charge in [-0.2, -0.15) is 14.4 Å². The van der Waals surface area contributed by atoms with Gasteiger partial charge in [-0.25, -0.2) is 43.7 Å². The predicted molar refractivity (Wildman–Crippen MR) is 224 cm³/mol. The molecule has 0 aliphatic heterocycles. The maximum Gasteiger partial charge on any atom is 0.549 e. The number of benzene rings is 3. The highest BCUT2D eigenvalue weighted by Crippen LogP contribution is 2.20. The Bertz CT molecular complexity index is 1790. The summed E-state index contributed by atoms with van der Waals surface area (Å²) in [5.74, 6) is -2.90. The van der Waals surface area contributed by atoms with E-state index in [1.165, 1.54) is 58.9 Å². The van der Waals surface area contributed by atoms with Crippen molar-refractivity contribution in [3.63, 3.8) is 0 Å². The van der Waals surface area contributed by atoms with Gasteiger partial charge >= 0.3 is 36.4 Å². The standard InChI is InChI=1S/C41H48O15Si3/c1-8-26(4)57-32-17-11-29(12-18-32)35(42)51-54-38(45)48-23-41(7,24-49-39(46)55-52-36(43)30-13-19-33(20-14-30)58-27(5)9-2)25-50-40(47)56-53-37(44)31-15-21-34(22-16-31)59-28(6)10-3/h8-22H,23-25,57-59H2,1-7H3/b26-8+,27-9+,28-10+. The lowest BCUT2D eigenvalue weighted by molar-refractivity contribution is -0.216. The number of hydrogen-bond donors (Lipinski definition) is 0. The molecule has 0 aromatic heterocycles. The highest BCUT2D eigenvalue weighted by atomic mass is 28.2. The molecule has 0 aliphatic carbocycles. The first-order valence-corrected chi connectivity index (χ1v) is 22.7. The molecule has 3 rings (SSSR count). The third kappa shape index (κ3) is 17.0. The van der Waals surface area contributed by atoms with Crippen molar-refractivity contribution < 1.29 is 72.3 Å². The Morgan fingerprint density at radius 3 is 0.898 bits per heavy atom. The van der Waals surface area contributed by atoms with Gasteiger partial charge in [0, 0.05) is 0 Å². The molecule has 0 aliphatic rings. The molecular formula is C41H48O15Si3. The minimum absolute atomic E-state index is 0.120. The molecule has 59 heavy (non-hydrogen) atoms. The molecule has 15 nitrogen and oxygen atoms in total. The second kappa shape index (κ2) is 23.9. The van der Waals surface area contributed by atoms with Crippen LogP contribution in [0, 0.1) is 5.41 Å². The van der Waals surface area contributed by atoms with Gasteiger partial charge < -0.3 is 14.2 Å². The van der Waals surface area contributed by atoms with E-state index in [0.717, 1.165) is 15.6 Å². The number of carbonyl (C=O) groups is 6. The zero-order chi connectivity index (χ0) is 43.4. The summed E-state index contributed by atoms with van der Waals surface area (Å²) in [6.07, 6.45) is 1.72. The first-order valence-electron chi connectivity index (χ1n) is 18.4. The smallest absolute Gasteiger partial charge is 0.431 e. The minimum atomic E-state index is -1.56. The van der Waals surface area contributed by atoms with E-state index in [0.29, 0.717) is 0 Å². The molecule has 0 amide bonds. The van der Waals surface area contributed by atoms with Crippen molar-refractivity contribution in [1.29, 1.82) is 0 Å². The number of allylic oxidation sites excluding steroid dienone is 6. The lowest BCUT2D eigenvalue weighted by atomic mass is 9.94. The maximum absolute atomic E-state index is 12.5. The Hall–Kier alpha value is -6.25. The molecule has 0 N–H and O–H groups in total. The minimum Gasteiger partial charge on any atom is -0.431 e. The van der Waals surface area contributed by atoms with Gasteiger partial charge in [-0.15, -0.1) is 0 Å². The second-order valence-electron chi connectivity index (χ2n) is 13.8. The Morgan fingerprint density at radius 2 is 0.678 bits per heavy atom. The maximum atomic E-state index is 12.5. The molecule has 0 heterocycles. The van der Waals surface area contributed by atoms with E-state index in [9.17, 15) is 28.8 Å². The fraction of sp³-hybridized carbons (Fsp3) is 0.268. The van der Waals surface area contributed by atoms with Crippen LogP contribution in [0.5, 0.6) is 0 Å². The first kappa shape index (κ1) is 47.1. The van der Waals surface area contributed by atoms with E-state index < -0.39 is 90.2 Å². The fourth-order valence-electron chi connectivity index (χ4n) is 4.80. The van der Waals surface area contributed by atoms with Crippen LogP contribution in [0.3, 0.4) is 0 Å². The van der Waals surface area contributed by atoms with Gasteiger partial charge in [0.2, 0.25) is 0 Å². The van der Waals surface area contributed by atoms with Crippen LogP contribution in [0.25, 0.3) is 0 Å². The summed E-state index contributed by atoms with van der Waals surface area (Å²) in [6, 6.07) is 19.9. The van der Waals surface area contributed by atoms with Crippen molar-refractivity contribution in [1.82, 2.24) is 0 Å². The van der Waals surface area contributed by atoms with Gasteiger partial charge in [0.05, 0.1) is 50.7 Å². The molecule has 0 fully saturated rings. The van der Waals surface area contributed by atoms with E-state index in [1.807, 2.05) is 59.8 Å². The summed E-state index contributed by atoms with van der Waals surface area (Å²) in [6.45, 7) is 11.3. The Morgan fingerprint density at radius 1 is 0.441 bits per heavy atom. The molecule has 0 saturated carbocycles. The lowest BCUT2D eigenvalue weighted by Crippen LogP contribution is -2.37. The summed E-state index contributed by atoms with van der Waals surface area (Å²) < 4.78 is 15.2. The third-order valence-corrected chi connectivity index (χ3v) is 14.2. The zero-order valence-corrected chi connectivity index (χ0v) is 38.3. The predicted octanol–water partition coefficient (Wildman–Crippen LogP) is 3.92. The van der Waals surface area contributed by atoms with Gasteiger partial charge in [0.25, 0.3) is 0 Å². The van der Waals surface area contributed by atoms with Gasteiger partial charge in [-0.1, -0.05) is 85.8 Å². The molecule has 0 atom stereocenters. The van der Waals surface area contributed by atoms with Crippen molar-refractivity contribution in [2.24, 2.45) is 5.41 Å². The molecule has 3 aromatic carbocycles. The van der Waals surface area contributed by atoms with Crippen LogP contribution < -0.4 is 15.6 Å². The van der Waals surface area contributed by atoms with Gasteiger partial charge in [-0.3, -0.25) is 0 Å². The van der Waals surface area contributed by atoms with Crippen LogP contribution in [0.1, 0.15) is 79.5 Å². The highest BCUT2D eigenvalue weighted by Gasteiger charge is 2.33. The van der Waals surface area contributed by atoms with Crippen LogP contribution >= 0.6 is 0 Å². The van der Waals surface area contributed by atoms with Gasteiger partial charge in [-0.05, 0) is 84.9 Å².